The number of aromatic nitrogens is 2. The van der Waals surface area contributed by atoms with Gasteiger partial charge < -0.3 is 5.32 Å². The Morgan fingerprint density at radius 1 is 1.10 bits per heavy atom. The maximum atomic E-state index is 13.1. The van der Waals surface area contributed by atoms with E-state index in [4.69, 9.17) is 0 Å². The molecule has 41 heavy (non-hydrogen) atoms. The molecule has 1 aliphatic heterocycles. The molecular formula is C30H41F3N4O3S. The van der Waals surface area contributed by atoms with Gasteiger partial charge in [-0.05, 0) is 67.7 Å². The topological polar surface area (TPSA) is 92.3 Å². The number of nitrogens with zero attached hydrogens (tertiary/aromatic N) is 3. The van der Waals surface area contributed by atoms with E-state index in [1.807, 2.05) is 13.0 Å². The summed E-state index contributed by atoms with van der Waals surface area (Å²) >= 11 is 0. The Kier molecular flexibility index (Phi) is 10.1. The first kappa shape index (κ1) is 31.4. The fourth-order valence-corrected chi connectivity index (χ4v) is 7.39. The van der Waals surface area contributed by atoms with Crippen molar-refractivity contribution in [2.75, 3.05) is 12.3 Å². The van der Waals surface area contributed by atoms with Gasteiger partial charge in [0.25, 0.3) is 5.91 Å². The summed E-state index contributed by atoms with van der Waals surface area (Å²) in [5.74, 6) is -0.909. The highest BCUT2D eigenvalue weighted by atomic mass is 32.2. The largest absolute Gasteiger partial charge is 0.391 e. The van der Waals surface area contributed by atoms with Gasteiger partial charge in [-0.25, -0.2) is 8.42 Å². The lowest BCUT2D eigenvalue weighted by Crippen LogP contribution is -2.35. The zero-order valence-electron chi connectivity index (χ0n) is 24.1. The first-order chi connectivity index (χ1) is 19.4. The second kappa shape index (κ2) is 13.2. The summed E-state index contributed by atoms with van der Waals surface area (Å²) in [6.07, 6.45) is 2.75. The van der Waals surface area contributed by atoms with Gasteiger partial charge in [-0.3, -0.25) is 19.7 Å². The van der Waals surface area contributed by atoms with Crippen LogP contribution in [0.15, 0.2) is 35.5 Å². The minimum atomic E-state index is -4.11. The summed E-state index contributed by atoms with van der Waals surface area (Å²) in [4.78, 5) is 24.3. The molecule has 0 spiro atoms. The average molecular weight is 595 g/mol. The molecular weight excluding hydrogens is 553 g/mol. The van der Waals surface area contributed by atoms with Crippen LogP contribution < -0.4 is 5.32 Å². The van der Waals surface area contributed by atoms with Crippen molar-refractivity contribution in [3.63, 3.8) is 0 Å². The molecule has 1 saturated carbocycles. The fourth-order valence-electron chi connectivity index (χ4n) is 6.08. The van der Waals surface area contributed by atoms with Crippen molar-refractivity contribution in [2.24, 2.45) is 17.8 Å². The first-order valence-electron chi connectivity index (χ1n) is 14.6. The average Bonchev–Trinajstić information content (AvgIpc) is 3.29. The van der Waals surface area contributed by atoms with Gasteiger partial charge in [0, 0.05) is 25.5 Å². The third kappa shape index (κ3) is 7.85. The molecule has 4 rings (SSSR count). The van der Waals surface area contributed by atoms with E-state index in [2.05, 4.69) is 34.0 Å². The van der Waals surface area contributed by atoms with Crippen molar-refractivity contribution >= 4 is 15.7 Å². The summed E-state index contributed by atoms with van der Waals surface area (Å²) in [6, 6.07) is 5.06. The standard InChI is InChI=1S/C30H41F3N4O3S/c1-4-5-6-13-41(39,40)26-12-11-25(34-17-26)16-36-29(38)22-14-23-19-37(28(20(2)3)27(23)35-15-22)18-21-7-9-24(10-8-21)30(31,32)33/h11-12,14-15,17,20-21,24,28H,4-10,13,16,18-19H2,1-3H3,(H,36,38)/t21?,24?,28-/m0/s1. The number of halogens is 3. The van der Waals surface area contributed by atoms with Crippen molar-refractivity contribution in [1.29, 1.82) is 0 Å². The molecule has 0 unspecified atom stereocenters. The second-order valence-electron chi connectivity index (χ2n) is 11.8. The zero-order chi connectivity index (χ0) is 29.8. The van der Waals surface area contributed by atoms with Gasteiger partial charge in [0.1, 0.15) is 0 Å². The molecule has 2 aromatic heterocycles. The summed E-state index contributed by atoms with van der Waals surface area (Å²) in [5.41, 5.74) is 2.87. The number of hydrogen-bond acceptors (Lipinski definition) is 6. The summed E-state index contributed by atoms with van der Waals surface area (Å²) in [5, 5.41) is 2.84. The van der Waals surface area contributed by atoms with Crippen LogP contribution in [0, 0.1) is 17.8 Å². The van der Waals surface area contributed by atoms with E-state index in [0.717, 1.165) is 30.6 Å². The van der Waals surface area contributed by atoms with Crippen LogP contribution in [0.2, 0.25) is 0 Å². The number of carbonyl (C=O) groups is 1. The van der Waals surface area contributed by atoms with Crippen LogP contribution in [0.4, 0.5) is 13.2 Å². The number of rotatable bonds is 11. The Morgan fingerprint density at radius 2 is 1.83 bits per heavy atom. The van der Waals surface area contributed by atoms with Crippen LogP contribution in [-0.2, 0) is 22.9 Å². The second-order valence-corrected chi connectivity index (χ2v) is 13.9. The van der Waals surface area contributed by atoms with E-state index >= 15 is 0 Å². The third-order valence-corrected chi connectivity index (χ3v) is 10.1. The van der Waals surface area contributed by atoms with E-state index in [9.17, 15) is 26.4 Å². The first-order valence-corrected chi connectivity index (χ1v) is 16.3. The third-order valence-electron chi connectivity index (χ3n) is 8.35. The SMILES string of the molecule is CCCCCS(=O)(=O)c1ccc(CNC(=O)c2cnc3c(c2)CN(CC2CCC(C(F)(F)F)CC2)[C@H]3C(C)C)nc1. The molecule has 1 atom stereocenters. The summed E-state index contributed by atoms with van der Waals surface area (Å²) < 4.78 is 64.2. The molecule has 2 aromatic rings. The Bertz CT molecular complexity index is 1290. The van der Waals surface area contributed by atoms with E-state index < -0.39 is 21.9 Å². The molecule has 3 heterocycles. The van der Waals surface area contributed by atoms with Crippen molar-refractivity contribution < 1.29 is 26.4 Å². The quantitative estimate of drug-likeness (QED) is 0.309. The van der Waals surface area contributed by atoms with Gasteiger partial charge in [-0.1, -0.05) is 33.6 Å². The number of amides is 1. The Balaban J connectivity index is 1.35. The zero-order valence-corrected chi connectivity index (χ0v) is 24.9. The minimum Gasteiger partial charge on any atom is -0.346 e. The number of sulfone groups is 1. The molecule has 2 aliphatic rings. The number of alkyl halides is 3. The van der Waals surface area contributed by atoms with Gasteiger partial charge in [-0.15, -0.1) is 0 Å². The predicted octanol–water partition coefficient (Wildman–Crippen LogP) is 6.25. The van der Waals surface area contributed by atoms with Gasteiger partial charge >= 0.3 is 6.18 Å². The summed E-state index contributed by atoms with van der Waals surface area (Å²) in [7, 11) is -3.37. The molecule has 226 valence electrons. The monoisotopic (exact) mass is 594 g/mol. The van der Waals surface area contributed by atoms with Crippen molar-refractivity contribution in [2.45, 2.75) is 95.9 Å². The maximum absolute atomic E-state index is 13.1. The number of carbonyl (C=O) groups excluding carboxylic acids is 1. The van der Waals surface area contributed by atoms with Crippen LogP contribution in [-0.4, -0.2) is 47.7 Å². The van der Waals surface area contributed by atoms with Gasteiger partial charge in [0.2, 0.25) is 0 Å². The van der Waals surface area contributed by atoms with Crippen LogP contribution in [0.25, 0.3) is 0 Å². The van der Waals surface area contributed by atoms with Crippen LogP contribution in [0.3, 0.4) is 0 Å². The molecule has 0 bridgehead atoms. The highest BCUT2D eigenvalue weighted by Crippen LogP contribution is 2.43. The maximum Gasteiger partial charge on any atom is 0.391 e. The van der Waals surface area contributed by atoms with E-state index in [-0.39, 0.29) is 53.8 Å². The molecule has 1 aliphatic carbocycles. The summed E-state index contributed by atoms with van der Waals surface area (Å²) in [6.45, 7) is 7.73. The lowest BCUT2D eigenvalue weighted by molar-refractivity contribution is -0.184. The highest BCUT2D eigenvalue weighted by Gasteiger charge is 2.42. The van der Waals surface area contributed by atoms with Crippen molar-refractivity contribution in [3.8, 4) is 0 Å². The molecule has 7 nitrogen and oxygen atoms in total. The number of unbranched alkanes of at least 4 members (excludes halogenated alkanes) is 2. The van der Waals surface area contributed by atoms with Crippen LogP contribution in [0.5, 0.6) is 0 Å². The molecule has 1 N–H and O–H groups in total. The fraction of sp³-hybridized carbons (Fsp3) is 0.633. The van der Waals surface area contributed by atoms with Gasteiger partial charge in [0.05, 0.1) is 46.1 Å². The van der Waals surface area contributed by atoms with Gasteiger partial charge in [0.15, 0.2) is 9.84 Å². The lowest BCUT2D eigenvalue weighted by atomic mass is 9.81. The van der Waals surface area contributed by atoms with Crippen LogP contribution in [0.1, 0.15) is 99.1 Å². The van der Waals surface area contributed by atoms with E-state index in [0.29, 0.717) is 37.1 Å². The van der Waals surface area contributed by atoms with E-state index in [1.165, 1.54) is 12.3 Å². The molecule has 0 radical (unpaired) electrons. The Hall–Kier alpha value is -2.53. The minimum absolute atomic E-state index is 0.0587. The van der Waals surface area contributed by atoms with Gasteiger partial charge in [-0.2, -0.15) is 13.2 Å². The number of nitrogens with one attached hydrogen (secondary N) is 1. The highest BCUT2D eigenvalue weighted by molar-refractivity contribution is 7.91. The van der Waals surface area contributed by atoms with Crippen LogP contribution >= 0.6 is 0 Å². The molecule has 0 saturated heterocycles. The molecule has 1 fully saturated rings. The predicted molar refractivity (Wildman–Crippen MR) is 151 cm³/mol. The molecule has 11 heteroatoms. The number of pyridine rings is 2. The molecule has 0 aromatic carbocycles. The Morgan fingerprint density at radius 3 is 2.44 bits per heavy atom. The Labute approximate surface area is 241 Å². The number of fused-ring (bicyclic) bond motifs is 1. The lowest BCUT2D eigenvalue weighted by Gasteiger charge is -2.35. The van der Waals surface area contributed by atoms with Crippen molar-refractivity contribution in [3.05, 3.63) is 53.1 Å². The number of hydrogen-bond donors (Lipinski definition) is 1. The normalized spacial score (nSPS) is 21.7. The van der Waals surface area contributed by atoms with E-state index in [1.54, 1.807) is 12.3 Å². The smallest absolute Gasteiger partial charge is 0.346 e. The van der Waals surface area contributed by atoms with Crippen molar-refractivity contribution in [1.82, 2.24) is 20.2 Å². The molecule has 1 amide bonds.